The number of fused-ring (bicyclic) bond motifs is 3. The van der Waals surface area contributed by atoms with Crippen molar-refractivity contribution in [3.05, 3.63) is 47.2 Å². The highest BCUT2D eigenvalue weighted by Crippen LogP contribution is 2.31. The van der Waals surface area contributed by atoms with Crippen LogP contribution in [0.1, 0.15) is 48.3 Å². The molecule has 26 heavy (non-hydrogen) atoms. The Hall–Kier alpha value is -2.07. The van der Waals surface area contributed by atoms with Crippen LogP contribution < -0.4 is 5.32 Å². The lowest BCUT2D eigenvalue weighted by atomic mass is 9.98. The predicted molar refractivity (Wildman–Crippen MR) is 106 cm³/mol. The van der Waals surface area contributed by atoms with Gasteiger partial charge in [0.2, 0.25) is 0 Å². The zero-order valence-electron chi connectivity index (χ0n) is 16.0. The molecule has 0 spiro atoms. The van der Waals surface area contributed by atoms with Gasteiger partial charge in [-0.2, -0.15) is 0 Å². The summed E-state index contributed by atoms with van der Waals surface area (Å²) in [6.07, 6.45) is 3.26. The highest BCUT2D eigenvalue weighted by Gasteiger charge is 2.24. The van der Waals surface area contributed by atoms with Crippen LogP contribution in [0.3, 0.4) is 0 Å². The maximum atomic E-state index is 13.0. The van der Waals surface area contributed by atoms with Crippen molar-refractivity contribution in [1.29, 1.82) is 0 Å². The topological polar surface area (TPSA) is 37.3 Å². The van der Waals surface area contributed by atoms with E-state index in [1.165, 1.54) is 22.2 Å². The summed E-state index contributed by atoms with van der Waals surface area (Å²) < 4.78 is 2.39. The van der Waals surface area contributed by atoms with E-state index >= 15 is 0 Å². The van der Waals surface area contributed by atoms with Crippen LogP contribution in [-0.4, -0.2) is 35.0 Å². The summed E-state index contributed by atoms with van der Waals surface area (Å²) in [6.45, 7) is 13.0. The van der Waals surface area contributed by atoms with Gasteiger partial charge in [0.15, 0.2) is 0 Å². The second kappa shape index (κ2) is 6.92. The predicted octanol–water partition coefficient (Wildman–Crippen LogP) is 3.74. The Bertz CT molecular complexity index is 856. The minimum absolute atomic E-state index is 0.184. The van der Waals surface area contributed by atoms with E-state index in [9.17, 15) is 4.79 Å². The molecule has 4 rings (SSSR count). The van der Waals surface area contributed by atoms with Gasteiger partial charge in [-0.3, -0.25) is 4.79 Å². The highest BCUT2D eigenvalue weighted by molar-refractivity contribution is 5.99. The highest BCUT2D eigenvalue weighted by atomic mass is 16.2. The zero-order chi connectivity index (χ0) is 18.3. The van der Waals surface area contributed by atoms with Crippen LogP contribution in [0, 0.1) is 5.92 Å². The molecular formula is C22H29N3O. The van der Waals surface area contributed by atoms with Crippen LogP contribution in [-0.2, 0) is 19.5 Å². The maximum Gasteiger partial charge on any atom is 0.253 e. The number of likely N-dealkylation sites (tertiary alicyclic amines) is 1. The van der Waals surface area contributed by atoms with Gasteiger partial charge in [-0.25, -0.2) is 0 Å². The number of nitrogens with one attached hydrogen (secondary N) is 1. The molecule has 1 amide bonds. The molecule has 0 atom stereocenters. The summed E-state index contributed by atoms with van der Waals surface area (Å²) in [6, 6.07) is 6.27. The van der Waals surface area contributed by atoms with Gasteiger partial charge >= 0.3 is 0 Å². The number of amides is 1. The lowest BCUT2D eigenvalue weighted by Gasteiger charge is -2.30. The largest absolute Gasteiger partial charge is 0.340 e. The van der Waals surface area contributed by atoms with Crippen molar-refractivity contribution >= 4 is 16.8 Å². The first kappa shape index (κ1) is 17.3. The van der Waals surface area contributed by atoms with E-state index in [1.807, 2.05) is 11.0 Å². The Morgan fingerprint density at radius 2 is 2.08 bits per heavy atom. The van der Waals surface area contributed by atoms with E-state index < -0.39 is 0 Å². The van der Waals surface area contributed by atoms with E-state index in [-0.39, 0.29) is 5.91 Å². The standard InChI is InChI=1S/C22H29N3O/c1-15(2)14-25-20-5-4-17(22(26)24-10-7-16(3)8-11-24)12-18(20)19-13-23-9-6-21(19)25/h4-5,12,16,23H,1,6-11,13-14H2,2-3H3. The van der Waals surface area contributed by atoms with Gasteiger partial charge in [0.1, 0.15) is 0 Å². The molecule has 0 bridgehead atoms. The maximum absolute atomic E-state index is 13.0. The van der Waals surface area contributed by atoms with Gasteiger partial charge in [0.05, 0.1) is 0 Å². The van der Waals surface area contributed by atoms with Crippen LogP contribution in [0.4, 0.5) is 0 Å². The summed E-state index contributed by atoms with van der Waals surface area (Å²) in [5, 5.41) is 4.71. The molecule has 1 saturated heterocycles. The Balaban J connectivity index is 1.73. The van der Waals surface area contributed by atoms with Gasteiger partial charge < -0.3 is 14.8 Å². The summed E-state index contributed by atoms with van der Waals surface area (Å²) in [7, 11) is 0. The fraction of sp³-hybridized carbons (Fsp3) is 0.500. The monoisotopic (exact) mass is 351 g/mol. The lowest BCUT2D eigenvalue weighted by Crippen LogP contribution is -2.37. The summed E-state index contributed by atoms with van der Waals surface area (Å²) >= 11 is 0. The molecule has 4 heteroatoms. The molecule has 0 aliphatic carbocycles. The van der Waals surface area contributed by atoms with Crippen LogP contribution >= 0.6 is 0 Å². The second-order valence-corrected chi connectivity index (χ2v) is 8.10. The van der Waals surface area contributed by atoms with Crippen molar-refractivity contribution in [2.45, 2.75) is 46.2 Å². The number of benzene rings is 1. The Morgan fingerprint density at radius 3 is 2.81 bits per heavy atom. The first-order valence-electron chi connectivity index (χ1n) is 9.83. The molecule has 1 aromatic heterocycles. The molecule has 2 aliphatic heterocycles. The van der Waals surface area contributed by atoms with Crippen molar-refractivity contribution in [3.8, 4) is 0 Å². The van der Waals surface area contributed by atoms with Crippen molar-refractivity contribution in [2.75, 3.05) is 19.6 Å². The molecule has 2 aliphatic rings. The number of nitrogens with zero attached hydrogens (tertiary/aromatic N) is 2. The third kappa shape index (κ3) is 3.07. The van der Waals surface area contributed by atoms with Crippen molar-refractivity contribution in [1.82, 2.24) is 14.8 Å². The first-order chi connectivity index (χ1) is 12.5. The summed E-state index contributed by atoms with van der Waals surface area (Å²) in [5.74, 6) is 0.916. The number of carbonyl (C=O) groups excluding carboxylic acids is 1. The molecule has 3 heterocycles. The molecule has 2 aromatic rings. The lowest BCUT2D eigenvalue weighted by molar-refractivity contribution is 0.0697. The van der Waals surface area contributed by atoms with E-state index in [1.54, 1.807) is 0 Å². The van der Waals surface area contributed by atoms with E-state index in [0.717, 1.165) is 69.0 Å². The molecule has 1 aromatic carbocycles. The molecule has 0 saturated carbocycles. The Morgan fingerprint density at radius 1 is 1.31 bits per heavy atom. The van der Waals surface area contributed by atoms with E-state index in [0.29, 0.717) is 0 Å². The third-order valence-corrected chi connectivity index (χ3v) is 5.87. The average molecular weight is 351 g/mol. The SMILES string of the molecule is C=C(C)Cn1c2c(c3cc(C(=O)N4CCC(C)CC4)ccc31)CNCC2. The Labute approximate surface area is 155 Å². The van der Waals surface area contributed by atoms with Crippen molar-refractivity contribution < 1.29 is 4.79 Å². The van der Waals surface area contributed by atoms with Crippen LogP contribution in [0.15, 0.2) is 30.4 Å². The number of allylic oxidation sites excluding steroid dienone is 1. The number of hydrogen-bond acceptors (Lipinski definition) is 2. The first-order valence-corrected chi connectivity index (χ1v) is 9.83. The number of piperidine rings is 1. The van der Waals surface area contributed by atoms with Crippen LogP contribution in [0.5, 0.6) is 0 Å². The fourth-order valence-corrected chi connectivity index (χ4v) is 4.36. The smallest absolute Gasteiger partial charge is 0.253 e. The quantitative estimate of drug-likeness (QED) is 0.856. The molecule has 0 unspecified atom stereocenters. The van der Waals surface area contributed by atoms with Crippen molar-refractivity contribution in [3.63, 3.8) is 0 Å². The zero-order valence-corrected chi connectivity index (χ0v) is 16.0. The molecule has 1 N–H and O–H groups in total. The molecular weight excluding hydrogens is 322 g/mol. The van der Waals surface area contributed by atoms with Gasteiger partial charge in [0, 0.05) is 61.3 Å². The molecule has 4 nitrogen and oxygen atoms in total. The normalized spacial score (nSPS) is 18.2. The minimum atomic E-state index is 0.184. The van der Waals surface area contributed by atoms with E-state index in [2.05, 4.69) is 42.4 Å². The fourth-order valence-electron chi connectivity index (χ4n) is 4.36. The van der Waals surface area contributed by atoms with Gasteiger partial charge in [-0.05, 0) is 49.4 Å². The number of carbonyl (C=O) groups is 1. The average Bonchev–Trinajstić information content (AvgIpc) is 2.95. The van der Waals surface area contributed by atoms with Gasteiger partial charge in [-0.1, -0.05) is 19.1 Å². The number of aromatic nitrogens is 1. The van der Waals surface area contributed by atoms with Gasteiger partial charge in [-0.15, -0.1) is 0 Å². The Kier molecular flexibility index (Phi) is 4.62. The summed E-state index contributed by atoms with van der Waals surface area (Å²) in [5.41, 5.74) is 5.97. The van der Waals surface area contributed by atoms with Gasteiger partial charge in [0.25, 0.3) is 5.91 Å². The second-order valence-electron chi connectivity index (χ2n) is 8.10. The number of hydrogen-bond donors (Lipinski definition) is 1. The van der Waals surface area contributed by atoms with E-state index in [4.69, 9.17) is 0 Å². The molecule has 138 valence electrons. The molecule has 0 radical (unpaired) electrons. The number of rotatable bonds is 3. The van der Waals surface area contributed by atoms with Crippen molar-refractivity contribution in [2.24, 2.45) is 5.92 Å². The molecule has 1 fully saturated rings. The summed E-state index contributed by atoms with van der Waals surface area (Å²) in [4.78, 5) is 15.0. The third-order valence-electron chi connectivity index (χ3n) is 5.87. The van der Waals surface area contributed by atoms with Crippen LogP contribution in [0.25, 0.3) is 10.9 Å². The van der Waals surface area contributed by atoms with Crippen LogP contribution in [0.2, 0.25) is 0 Å². The minimum Gasteiger partial charge on any atom is -0.340 e.